The van der Waals surface area contributed by atoms with Crippen LogP contribution in [0.4, 0.5) is 10.1 Å². The van der Waals surface area contributed by atoms with E-state index in [0.29, 0.717) is 23.4 Å². The first-order valence-corrected chi connectivity index (χ1v) is 12.1. The lowest BCUT2D eigenvalue weighted by molar-refractivity contribution is -0.130. The first-order valence-electron chi connectivity index (χ1n) is 12.1. The maximum absolute atomic E-state index is 13.1. The molecule has 0 fully saturated rings. The Morgan fingerprint density at radius 3 is 2.44 bits per heavy atom. The second-order valence-corrected chi connectivity index (χ2v) is 8.94. The molecular formula is C28H27FN6O4. The Kier molecular flexibility index (Phi) is 8.75. The number of amides is 3. The number of nitrogens with one attached hydrogen (secondary N) is 3. The molecule has 4 N–H and O–H groups in total. The van der Waals surface area contributed by atoms with Gasteiger partial charge in [-0.05, 0) is 59.5 Å². The minimum atomic E-state index is -0.576. The van der Waals surface area contributed by atoms with Crippen LogP contribution < -0.4 is 16.1 Å². The van der Waals surface area contributed by atoms with Gasteiger partial charge >= 0.3 is 0 Å². The molecule has 0 saturated carbocycles. The Hall–Kier alpha value is -4.90. The minimum absolute atomic E-state index is 0.0538. The van der Waals surface area contributed by atoms with E-state index in [9.17, 15) is 18.8 Å². The molecule has 3 aromatic carbocycles. The van der Waals surface area contributed by atoms with Crippen LogP contribution in [0, 0.1) is 5.82 Å². The summed E-state index contributed by atoms with van der Waals surface area (Å²) < 4.78 is 14.6. The molecule has 39 heavy (non-hydrogen) atoms. The number of carbonyl (C=O) groups excluding carboxylic acids is 3. The molecule has 0 saturated heterocycles. The molecule has 0 aliphatic heterocycles. The molecule has 0 radical (unpaired) electrons. The lowest BCUT2D eigenvalue weighted by Gasteiger charge is -2.16. The van der Waals surface area contributed by atoms with Gasteiger partial charge in [-0.15, -0.1) is 5.10 Å². The van der Waals surface area contributed by atoms with Crippen molar-refractivity contribution in [1.82, 2.24) is 25.8 Å². The van der Waals surface area contributed by atoms with E-state index in [4.69, 9.17) is 5.21 Å². The van der Waals surface area contributed by atoms with E-state index in [2.05, 4.69) is 20.9 Å². The number of carbonyl (C=O) groups is 3. The number of anilines is 1. The summed E-state index contributed by atoms with van der Waals surface area (Å²) in [4.78, 5) is 35.7. The number of hydrogen-bond acceptors (Lipinski definition) is 6. The molecule has 11 heteroatoms. The van der Waals surface area contributed by atoms with E-state index in [0.717, 1.165) is 16.7 Å². The highest BCUT2D eigenvalue weighted by Gasteiger charge is 2.19. The number of hydrogen-bond donors (Lipinski definition) is 4. The van der Waals surface area contributed by atoms with E-state index in [-0.39, 0.29) is 24.8 Å². The number of benzene rings is 3. The normalized spacial score (nSPS) is 11.5. The van der Waals surface area contributed by atoms with Crippen molar-refractivity contribution in [2.75, 3.05) is 5.32 Å². The zero-order valence-corrected chi connectivity index (χ0v) is 21.1. The number of rotatable bonds is 10. The van der Waals surface area contributed by atoms with Gasteiger partial charge in [0, 0.05) is 18.2 Å². The third-order valence-electron chi connectivity index (χ3n) is 5.96. The number of nitrogens with zero attached hydrogens (tertiary/aromatic N) is 3. The van der Waals surface area contributed by atoms with Crippen LogP contribution in [0.3, 0.4) is 0 Å². The Bertz CT molecular complexity index is 1450. The first kappa shape index (κ1) is 27.1. The smallest absolute Gasteiger partial charge is 0.251 e. The van der Waals surface area contributed by atoms with Crippen molar-refractivity contribution in [3.63, 3.8) is 0 Å². The molecular weight excluding hydrogens is 503 g/mol. The summed E-state index contributed by atoms with van der Waals surface area (Å²) in [5.74, 6) is -1.54. The fraction of sp³-hybridized carbons (Fsp3) is 0.179. The topological polar surface area (TPSA) is 138 Å². The summed E-state index contributed by atoms with van der Waals surface area (Å²) in [5.41, 5.74) is 5.95. The largest absolute Gasteiger partial charge is 0.346 e. The minimum Gasteiger partial charge on any atom is -0.346 e. The van der Waals surface area contributed by atoms with Gasteiger partial charge in [0.25, 0.3) is 5.91 Å². The third kappa shape index (κ3) is 7.55. The molecule has 0 aliphatic carbocycles. The third-order valence-corrected chi connectivity index (χ3v) is 5.96. The van der Waals surface area contributed by atoms with Crippen LogP contribution in [0.1, 0.15) is 41.0 Å². The fourth-order valence-corrected chi connectivity index (χ4v) is 4.05. The van der Waals surface area contributed by atoms with E-state index in [1.54, 1.807) is 11.7 Å². The molecule has 0 spiro atoms. The van der Waals surface area contributed by atoms with Crippen LogP contribution in [0.2, 0.25) is 0 Å². The van der Waals surface area contributed by atoms with Crippen molar-refractivity contribution >= 4 is 23.4 Å². The molecule has 1 unspecified atom stereocenters. The average Bonchev–Trinajstić information content (AvgIpc) is 3.41. The zero-order valence-electron chi connectivity index (χ0n) is 21.1. The quantitative estimate of drug-likeness (QED) is 0.182. The summed E-state index contributed by atoms with van der Waals surface area (Å²) in [5, 5.41) is 22.8. The first-order chi connectivity index (χ1) is 18.8. The number of aromatic nitrogens is 3. The van der Waals surface area contributed by atoms with Crippen molar-refractivity contribution in [2.45, 2.75) is 32.4 Å². The Morgan fingerprint density at radius 1 is 1.00 bits per heavy atom. The SMILES string of the molecule is CC(=O)Nc1cccc(-c2ccc(CC(CC(=O)NO)n3cc(CNC(=O)c4ccc(F)cc4)nn3)cc2)c1. The average molecular weight is 531 g/mol. The Labute approximate surface area is 223 Å². The van der Waals surface area contributed by atoms with Gasteiger partial charge < -0.3 is 10.6 Å². The van der Waals surface area contributed by atoms with Gasteiger partial charge in [0.1, 0.15) is 11.5 Å². The molecule has 1 heterocycles. The molecule has 200 valence electrons. The highest BCUT2D eigenvalue weighted by Crippen LogP contribution is 2.25. The van der Waals surface area contributed by atoms with Gasteiger partial charge in [-0.2, -0.15) is 0 Å². The van der Waals surface area contributed by atoms with Gasteiger partial charge in [0.2, 0.25) is 11.8 Å². The molecule has 10 nitrogen and oxygen atoms in total. The predicted octanol–water partition coefficient (Wildman–Crippen LogP) is 3.65. The lowest BCUT2D eigenvalue weighted by Crippen LogP contribution is -2.25. The van der Waals surface area contributed by atoms with Gasteiger partial charge in [-0.1, -0.05) is 41.6 Å². The standard InChI is InChI=1S/C28H27FN6O4/c1-18(36)31-24-4-2-3-22(14-24)20-7-5-19(6-8-20)13-26(15-27(37)33-39)35-17-25(32-34-35)16-30-28(38)21-9-11-23(29)12-10-21/h2-12,14,17,26,39H,13,15-16H2,1H3,(H,30,38)(H,31,36)(H,33,37). The van der Waals surface area contributed by atoms with Crippen LogP contribution in [0.15, 0.2) is 79.0 Å². The highest BCUT2D eigenvalue weighted by molar-refractivity contribution is 5.94. The van der Waals surface area contributed by atoms with Crippen molar-refractivity contribution in [2.24, 2.45) is 0 Å². The van der Waals surface area contributed by atoms with E-state index < -0.39 is 17.8 Å². The van der Waals surface area contributed by atoms with Crippen LogP contribution in [0.5, 0.6) is 0 Å². The van der Waals surface area contributed by atoms with Gasteiger partial charge in [-0.3, -0.25) is 19.6 Å². The molecule has 0 bridgehead atoms. The van der Waals surface area contributed by atoms with Crippen molar-refractivity contribution in [1.29, 1.82) is 0 Å². The van der Waals surface area contributed by atoms with Crippen molar-refractivity contribution in [3.05, 3.63) is 102 Å². The summed E-state index contributed by atoms with van der Waals surface area (Å²) in [6, 6.07) is 20.0. The number of halogens is 1. The molecule has 0 aliphatic rings. The summed E-state index contributed by atoms with van der Waals surface area (Å²) in [6.45, 7) is 1.54. The van der Waals surface area contributed by atoms with Crippen LogP contribution in [-0.2, 0) is 22.6 Å². The van der Waals surface area contributed by atoms with Gasteiger partial charge in [-0.25, -0.2) is 14.6 Å². The summed E-state index contributed by atoms with van der Waals surface area (Å²) in [7, 11) is 0. The van der Waals surface area contributed by atoms with Gasteiger partial charge in [0.15, 0.2) is 0 Å². The molecule has 3 amide bonds. The molecule has 4 rings (SSSR count). The molecule has 1 aromatic heterocycles. The van der Waals surface area contributed by atoms with E-state index in [1.165, 1.54) is 35.9 Å². The van der Waals surface area contributed by atoms with Gasteiger partial charge in [0.05, 0.1) is 25.2 Å². The monoisotopic (exact) mass is 530 g/mol. The highest BCUT2D eigenvalue weighted by atomic mass is 19.1. The second kappa shape index (κ2) is 12.6. The lowest BCUT2D eigenvalue weighted by atomic mass is 9.99. The Balaban J connectivity index is 1.44. The Morgan fingerprint density at radius 2 is 1.74 bits per heavy atom. The van der Waals surface area contributed by atoms with Crippen molar-refractivity contribution in [3.8, 4) is 11.1 Å². The van der Waals surface area contributed by atoms with Crippen LogP contribution in [0.25, 0.3) is 11.1 Å². The number of hydroxylamine groups is 1. The maximum atomic E-state index is 13.1. The van der Waals surface area contributed by atoms with E-state index >= 15 is 0 Å². The van der Waals surface area contributed by atoms with Crippen molar-refractivity contribution < 1.29 is 24.0 Å². The second-order valence-electron chi connectivity index (χ2n) is 8.94. The summed E-state index contributed by atoms with van der Waals surface area (Å²) >= 11 is 0. The predicted molar refractivity (Wildman–Crippen MR) is 141 cm³/mol. The summed E-state index contributed by atoms with van der Waals surface area (Å²) in [6.07, 6.45) is 1.99. The van der Waals surface area contributed by atoms with Crippen LogP contribution in [-0.4, -0.2) is 37.9 Å². The van der Waals surface area contributed by atoms with E-state index in [1.807, 2.05) is 48.5 Å². The molecule has 1 atom stereocenters. The zero-order chi connectivity index (χ0) is 27.8. The van der Waals surface area contributed by atoms with Crippen LogP contribution >= 0.6 is 0 Å². The molecule has 4 aromatic rings. The fourth-order valence-electron chi connectivity index (χ4n) is 4.05. The maximum Gasteiger partial charge on any atom is 0.251 e.